The van der Waals surface area contributed by atoms with E-state index in [1.807, 2.05) is 19.9 Å². The molecule has 0 aliphatic carbocycles. The average Bonchev–Trinajstić information content (AvgIpc) is 2.87. The highest BCUT2D eigenvalue weighted by Gasteiger charge is 2.37. The van der Waals surface area contributed by atoms with Crippen molar-refractivity contribution in [3.63, 3.8) is 0 Å². The van der Waals surface area contributed by atoms with Gasteiger partial charge in [-0.15, -0.1) is 11.6 Å². The Morgan fingerprint density at radius 2 is 2.00 bits per heavy atom. The summed E-state index contributed by atoms with van der Waals surface area (Å²) in [5.41, 5.74) is 3.02. The van der Waals surface area contributed by atoms with Gasteiger partial charge in [0.05, 0.1) is 11.4 Å². The number of hydrogen-bond donors (Lipinski definition) is 0. The van der Waals surface area contributed by atoms with Crippen molar-refractivity contribution in [1.82, 2.24) is 19.4 Å². The highest BCUT2D eigenvalue weighted by atomic mass is 35.5. The number of piperidine rings is 3. The van der Waals surface area contributed by atoms with Crippen LogP contribution in [-0.4, -0.2) is 39.1 Å². The minimum Gasteiger partial charge on any atom is -0.307 e. The second kappa shape index (κ2) is 4.96. The van der Waals surface area contributed by atoms with Crippen LogP contribution >= 0.6 is 11.6 Å². The SMILES string of the molecule is Cc1ccc2nc(C(C)Cl)n(C3CN4CCC3CC4)c2n1. The van der Waals surface area contributed by atoms with Crippen molar-refractivity contribution in [2.45, 2.75) is 38.1 Å². The Morgan fingerprint density at radius 1 is 1.24 bits per heavy atom. The molecule has 2 bridgehead atoms. The van der Waals surface area contributed by atoms with Gasteiger partial charge in [-0.05, 0) is 57.8 Å². The Morgan fingerprint density at radius 3 is 2.62 bits per heavy atom. The molecule has 2 atom stereocenters. The topological polar surface area (TPSA) is 34.0 Å². The lowest BCUT2D eigenvalue weighted by atomic mass is 9.84. The lowest BCUT2D eigenvalue weighted by molar-refractivity contribution is 0.0573. The molecule has 0 amide bonds. The zero-order valence-electron chi connectivity index (χ0n) is 12.6. The van der Waals surface area contributed by atoms with Gasteiger partial charge in [-0.25, -0.2) is 9.97 Å². The number of imidazole rings is 1. The number of nitrogens with zero attached hydrogens (tertiary/aromatic N) is 4. The van der Waals surface area contributed by atoms with E-state index in [-0.39, 0.29) is 5.38 Å². The van der Waals surface area contributed by atoms with Gasteiger partial charge < -0.3 is 9.47 Å². The van der Waals surface area contributed by atoms with E-state index in [0.29, 0.717) is 6.04 Å². The molecule has 0 saturated carbocycles. The molecule has 112 valence electrons. The first-order valence-corrected chi connectivity index (χ1v) is 8.29. The average molecular weight is 305 g/mol. The standard InChI is InChI=1S/C16H21ClN4/c1-10-3-4-13-16(18-10)21(15(19-13)11(2)17)14-9-20-7-5-12(14)6-8-20/h3-4,11-12,14H,5-9H2,1-2H3. The first-order chi connectivity index (χ1) is 10.1. The van der Waals surface area contributed by atoms with Crippen molar-refractivity contribution in [2.24, 2.45) is 5.92 Å². The van der Waals surface area contributed by atoms with Crippen LogP contribution in [0, 0.1) is 12.8 Å². The van der Waals surface area contributed by atoms with Crippen molar-refractivity contribution in [3.05, 3.63) is 23.7 Å². The zero-order valence-corrected chi connectivity index (χ0v) is 13.3. The Bertz CT molecular complexity index is 670. The number of aromatic nitrogens is 3. The third-order valence-electron chi connectivity index (χ3n) is 5.01. The van der Waals surface area contributed by atoms with E-state index in [4.69, 9.17) is 21.6 Å². The smallest absolute Gasteiger partial charge is 0.160 e. The van der Waals surface area contributed by atoms with Gasteiger partial charge in [0, 0.05) is 12.2 Å². The molecule has 3 saturated heterocycles. The summed E-state index contributed by atoms with van der Waals surface area (Å²) in [7, 11) is 0. The van der Waals surface area contributed by atoms with E-state index >= 15 is 0 Å². The summed E-state index contributed by atoms with van der Waals surface area (Å²) in [5, 5.41) is -0.0880. The van der Waals surface area contributed by atoms with Crippen LogP contribution in [0.3, 0.4) is 0 Å². The van der Waals surface area contributed by atoms with Crippen molar-refractivity contribution in [3.8, 4) is 0 Å². The second-order valence-corrected chi connectivity index (χ2v) is 7.11. The minimum atomic E-state index is -0.0880. The van der Waals surface area contributed by atoms with Gasteiger partial charge in [-0.3, -0.25) is 0 Å². The minimum absolute atomic E-state index is 0.0880. The summed E-state index contributed by atoms with van der Waals surface area (Å²) >= 11 is 6.42. The monoisotopic (exact) mass is 304 g/mol. The van der Waals surface area contributed by atoms with Gasteiger partial charge >= 0.3 is 0 Å². The van der Waals surface area contributed by atoms with Crippen LogP contribution in [0.1, 0.15) is 42.7 Å². The molecule has 4 nitrogen and oxygen atoms in total. The van der Waals surface area contributed by atoms with Gasteiger partial charge in [0.15, 0.2) is 5.65 Å². The van der Waals surface area contributed by atoms with Crippen LogP contribution in [0.4, 0.5) is 0 Å². The lowest BCUT2D eigenvalue weighted by Crippen LogP contribution is -2.48. The number of alkyl halides is 1. The summed E-state index contributed by atoms with van der Waals surface area (Å²) < 4.78 is 2.34. The molecule has 3 aliphatic heterocycles. The predicted octanol–water partition coefficient (Wildman–Crippen LogP) is 3.31. The molecular formula is C16H21ClN4. The van der Waals surface area contributed by atoms with E-state index in [9.17, 15) is 0 Å². The molecule has 21 heavy (non-hydrogen) atoms. The van der Waals surface area contributed by atoms with Crippen LogP contribution in [0.25, 0.3) is 11.2 Å². The van der Waals surface area contributed by atoms with Crippen molar-refractivity contribution in [1.29, 1.82) is 0 Å². The summed E-state index contributed by atoms with van der Waals surface area (Å²) in [4.78, 5) is 12.1. The maximum Gasteiger partial charge on any atom is 0.160 e. The fourth-order valence-corrected chi connectivity index (χ4v) is 4.07. The third kappa shape index (κ3) is 2.16. The zero-order chi connectivity index (χ0) is 14.6. The summed E-state index contributed by atoms with van der Waals surface area (Å²) in [6.07, 6.45) is 2.57. The van der Waals surface area contributed by atoms with E-state index < -0.39 is 0 Å². The molecule has 3 fully saturated rings. The van der Waals surface area contributed by atoms with Crippen LogP contribution in [0.2, 0.25) is 0 Å². The predicted molar refractivity (Wildman–Crippen MR) is 84.7 cm³/mol. The molecule has 5 heteroatoms. The highest BCUT2D eigenvalue weighted by Crippen LogP contribution is 2.39. The van der Waals surface area contributed by atoms with E-state index in [1.54, 1.807) is 0 Å². The molecular weight excluding hydrogens is 284 g/mol. The number of hydrogen-bond acceptors (Lipinski definition) is 3. The maximum absolute atomic E-state index is 6.42. The fourth-order valence-electron chi connectivity index (χ4n) is 3.92. The first-order valence-electron chi connectivity index (χ1n) is 7.85. The van der Waals surface area contributed by atoms with E-state index in [2.05, 4.69) is 15.5 Å². The molecule has 2 aromatic rings. The van der Waals surface area contributed by atoms with Gasteiger partial charge in [0.1, 0.15) is 11.3 Å². The van der Waals surface area contributed by atoms with Crippen LogP contribution in [-0.2, 0) is 0 Å². The van der Waals surface area contributed by atoms with Crippen LogP contribution < -0.4 is 0 Å². The van der Waals surface area contributed by atoms with Crippen molar-refractivity contribution in [2.75, 3.05) is 19.6 Å². The number of fused-ring (bicyclic) bond motifs is 4. The summed E-state index contributed by atoms with van der Waals surface area (Å²) in [6.45, 7) is 7.64. The molecule has 3 aliphatic rings. The van der Waals surface area contributed by atoms with Gasteiger partial charge in [-0.2, -0.15) is 0 Å². The normalized spacial score (nSPS) is 30.0. The van der Waals surface area contributed by atoms with E-state index in [1.165, 1.54) is 25.9 Å². The van der Waals surface area contributed by atoms with E-state index in [0.717, 1.165) is 35.1 Å². The Balaban J connectivity index is 1.89. The largest absolute Gasteiger partial charge is 0.307 e. The third-order valence-corrected chi connectivity index (χ3v) is 5.21. The Hall–Kier alpha value is -1.13. The number of halogens is 1. The maximum atomic E-state index is 6.42. The number of pyridine rings is 1. The summed E-state index contributed by atoms with van der Waals surface area (Å²) in [6, 6.07) is 4.57. The molecule has 0 N–H and O–H groups in total. The molecule has 5 rings (SSSR count). The van der Waals surface area contributed by atoms with Crippen LogP contribution in [0.5, 0.6) is 0 Å². The lowest BCUT2D eigenvalue weighted by Gasteiger charge is -2.45. The highest BCUT2D eigenvalue weighted by molar-refractivity contribution is 6.20. The molecule has 0 aromatic carbocycles. The van der Waals surface area contributed by atoms with Crippen molar-refractivity contribution >= 4 is 22.8 Å². The fraction of sp³-hybridized carbons (Fsp3) is 0.625. The quantitative estimate of drug-likeness (QED) is 0.798. The van der Waals surface area contributed by atoms with Gasteiger partial charge in [-0.1, -0.05) is 0 Å². The summed E-state index contributed by atoms with van der Waals surface area (Å²) in [5.74, 6) is 1.72. The first kappa shape index (κ1) is 13.5. The molecule has 2 unspecified atom stereocenters. The molecule has 2 aromatic heterocycles. The molecule has 5 heterocycles. The Labute approximate surface area is 130 Å². The van der Waals surface area contributed by atoms with Gasteiger partial charge in [0.25, 0.3) is 0 Å². The van der Waals surface area contributed by atoms with Gasteiger partial charge in [0.2, 0.25) is 0 Å². The second-order valence-electron chi connectivity index (χ2n) is 6.46. The van der Waals surface area contributed by atoms with Crippen LogP contribution in [0.15, 0.2) is 12.1 Å². The molecule has 0 spiro atoms. The number of rotatable bonds is 2. The number of aryl methyl sites for hydroxylation is 1. The molecule has 0 radical (unpaired) electrons. The Kier molecular flexibility index (Phi) is 3.19. The van der Waals surface area contributed by atoms with Crippen molar-refractivity contribution < 1.29 is 0 Å².